The lowest BCUT2D eigenvalue weighted by atomic mass is 9.97. The van der Waals surface area contributed by atoms with Crippen molar-refractivity contribution < 1.29 is 27.8 Å². The van der Waals surface area contributed by atoms with Crippen molar-refractivity contribution in [3.8, 4) is 0 Å². The van der Waals surface area contributed by atoms with Crippen molar-refractivity contribution in [2.45, 2.75) is 37.6 Å². The molecule has 0 unspecified atom stereocenters. The first-order chi connectivity index (χ1) is 11.4. The molecular weight excluding hydrogens is 323 g/mol. The number of alkyl halides is 3. The second-order valence-electron chi connectivity index (χ2n) is 6.01. The topological polar surface area (TPSA) is 49.8 Å². The van der Waals surface area contributed by atoms with Gasteiger partial charge in [0.05, 0.1) is 24.3 Å². The van der Waals surface area contributed by atoms with Crippen LogP contribution in [-0.4, -0.2) is 35.2 Å². The molecule has 1 N–H and O–H groups in total. The van der Waals surface area contributed by atoms with Crippen LogP contribution in [0.2, 0.25) is 0 Å². The summed E-state index contributed by atoms with van der Waals surface area (Å²) in [5.74, 6) is -0.307. The standard InChI is InChI=1S/C17H18F3NO3/c18-17(19,20)13-6-2-1-5-12(13)14-9-11(22)10-21(14)16(23)15-7-3-4-8-24-15/h1-2,5-7,11,14,22H,3-4,8-10H2/t11-,14+/m1/s1. The second-order valence-corrected chi connectivity index (χ2v) is 6.01. The molecule has 0 aromatic heterocycles. The van der Waals surface area contributed by atoms with Gasteiger partial charge in [-0.1, -0.05) is 18.2 Å². The van der Waals surface area contributed by atoms with Gasteiger partial charge in [0.25, 0.3) is 5.91 Å². The molecule has 1 fully saturated rings. The predicted molar refractivity (Wildman–Crippen MR) is 79.8 cm³/mol. The Labute approximate surface area is 137 Å². The Morgan fingerprint density at radius 1 is 1.29 bits per heavy atom. The summed E-state index contributed by atoms with van der Waals surface area (Å²) < 4.78 is 45.2. The number of amides is 1. The molecule has 1 amide bonds. The van der Waals surface area contributed by atoms with Crippen molar-refractivity contribution in [3.63, 3.8) is 0 Å². The number of allylic oxidation sites excluding steroid dienone is 1. The number of carbonyl (C=O) groups excluding carboxylic acids is 1. The Bertz CT molecular complexity index is 657. The summed E-state index contributed by atoms with van der Waals surface area (Å²) in [6.45, 7) is 0.411. The van der Waals surface area contributed by atoms with Crippen LogP contribution in [0.3, 0.4) is 0 Å². The fourth-order valence-corrected chi connectivity index (χ4v) is 3.23. The SMILES string of the molecule is O=C(C1=CCCCO1)N1C[C@H](O)C[C@H]1c1ccccc1C(F)(F)F. The molecule has 2 atom stereocenters. The number of ether oxygens (including phenoxy) is 1. The monoisotopic (exact) mass is 341 g/mol. The molecule has 0 aliphatic carbocycles. The summed E-state index contributed by atoms with van der Waals surface area (Å²) in [5, 5.41) is 9.94. The van der Waals surface area contributed by atoms with Crippen LogP contribution >= 0.6 is 0 Å². The average molecular weight is 341 g/mol. The fraction of sp³-hybridized carbons (Fsp3) is 0.471. The van der Waals surface area contributed by atoms with Crippen molar-refractivity contribution >= 4 is 5.91 Å². The number of aliphatic hydroxyl groups is 1. The zero-order valence-corrected chi connectivity index (χ0v) is 12.9. The Hall–Kier alpha value is -2.02. The second kappa shape index (κ2) is 6.47. The molecule has 4 nitrogen and oxygen atoms in total. The molecule has 1 saturated heterocycles. The molecule has 0 spiro atoms. The molecule has 1 aromatic carbocycles. The lowest BCUT2D eigenvalue weighted by molar-refractivity contribution is -0.140. The van der Waals surface area contributed by atoms with E-state index >= 15 is 0 Å². The van der Waals surface area contributed by atoms with Crippen LogP contribution in [-0.2, 0) is 15.7 Å². The van der Waals surface area contributed by atoms with Gasteiger partial charge < -0.3 is 14.7 Å². The van der Waals surface area contributed by atoms with Crippen LogP contribution in [0.1, 0.15) is 36.4 Å². The highest BCUT2D eigenvalue weighted by Gasteiger charge is 2.42. The van der Waals surface area contributed by atoms with Gasteiger partial charge in [0.2, 0.25) is 0 Å². The van der Waals surface area contributed by atoms with Gasteiger partial charge in [-0.3, -0.25) is 4.79 Å². The first-order valence-electron chi connectivity index (χ1n) is 7.86. The fourth-order valence-electron chi connectivity index (χ4n) is 3.23. The van der Waals surface area contributed by atoms with Crippen LogP contribution < -0.4 is 0 Å². The van der Waals surface area contributed by atoms with Crippen LogP contribution in [0, 0.1) is 0 Å². The number of rotatable bonds is 2. The smallest absolute Gasteiger partial charge is 0.416 e. The van der Waals surface area contributed by atoms with E-state index in [0.29, 0.717) is 13.0 Å². The van der Waals surface area contributed by atoms with Crippen molar-refractivity contribution in [2.75, 3.05) is 13.2 Å². The van der Waals surface area contributed by atoms with Crippen LogP contribution in [0.4, 0.5) is 13.2 Å². The minimum absolute atomic E-state index is 0.00358. The minimum Gasteiger partial charge on any atom is -0.488 e. The van der Waals surface area contributed by atoms with Gasteiger partial charge >= 0.3 is 6.18 Å². The van der Waals surface area contributed by atoms with E-state index in [2.05, 4.69) is 0 Å². The molecule has 0 saturated carbocycles. The summed E-state index contributed by atoms with van der Waals surface area (Å²) in [6.07, 6.45) is -2.14. The van der Waals surface area contributed by atoms with Crippen molar-refractivity contribution in [1.29, 1.82) is 0 Å². The molecular formula is C17H18F3NO3. The van der Waals surface area contributed by atoms with Gasteiger partial charge in [-0.25, -0.2) is 0 Å². The molecule has 0 bridgehead atoms. The Balaban J connectivity index is 1.94. The molecule has 2 heterocycles. The number of β-amino-alcohol motifs (C(OH)–C–C–N with tert-alkyl or cyclic N) is 1. The number of nitrogens with zero attached hydrogens (tertiary/aromatic N) is 1. The summed E-state index contributed by atoms with van der Waals surface area (Å²) in [7, 11) is 0. The van der Waals surface area contributed by atoms with E-state index in [0.717, 1.165) is 12.5 Å². The molecule has 0 radical (unpaired) electrons. The molecule has 130 valence electrons. The summed E-state index contributed by atoms with van der Waals surface area (Å²) in [4.78, 5) is 13.9. The number of likely N-dealkylation sites (tertiary alicyclic amines) is 1. The molecule has 2 aliphatic heterocycles. The van der Waals surface area contributed by atoms with Gasteiger partial charge in [0.15, 0.2) is 5.76 Å². The Morgan fingerprint density at radius 2 is 2.04 bits per heavy atom. The number of carbonyl (C=O) groups is 1. The van der Waals surface area contributed by atoms with Gasteiger partial charge in [0.1, 0.15) is 0 Å². The lowest BCUT2D eigenvalue weighted by Gasteiger charge is -2.28. The third-order valence-corrected chi connectivity index (χ3v) is 4.31. The van der Waals surface area contributed by atoms with Crippen LogP contribution in [0.15, 0.2) is 36.1 Å². The normalized spacial score (nSPS) is 24.5. The summed E-state index contributed by atoms with van der Waals surface area (Å²) in [6, 6.07) is 4.36. The van der Waals surface area contributed by atoms with Crippen molar-refractivity contribution in [1.82, 2.24) is 4.90 Å². The number of halogens is 3. The van der Waals surface area contributed by atoms with Gasteiger partial charge in [0, 0.05) is 6.54 Å². The zero-order chi connectivity index (χ0) is 17.3. The quantitative estimate of drug-likeness (QED) is 0.900. The summed E-state index contributed by atoms with van der Waals surface area (Å²) in [5.41, 5.74) is -0.772. The highest BCUT2D eigenvalue weighted by molar-refractivity contribution is 5.92. The van der Waals surface area contributed by atoms with E-state index in [1.165, 1.54) is 23.1 Å². The first kappa shape index (κ1) is 16.8. The maximum absolute atomic E-state index is 13.3. The maximum atomic E-state index is 13.3. The Kier molecular flexibility index (Phi) is 4.54. The highest BCUT2D eigenvalue weighted by Crippen LogP contribution is 2.41. The molecule has 2 aliphatic rings. The largest absolute Gasteiger partial charge is 0.488 e. The van der Waals surface area contributed by atoms with E-state index in [1.54, 1.807) is 6.08 Å². The van der Waals surface area contributed by atoms with Crippen molar-refractivity contribution in [2.24, 2.45) is 0 Å². The highest BCUT2D eigenvalue weighted by atomic mass is 19.4. The van der Waals surface area contributed by atoms with E-state index in [4.69, 9.17) is 4.74 Å². The molecule has 24 heavy (non-hydrogen) atoms. The Morgan fingerprint density at radius 3 is 2.71 bits per heavy atom. The number of benzene rings is 1. The van der Waals surface area contributed by atoms with E-state index in [9.17, 15) is 23.1 Å². The van der Waals surface area contributed by atoms with E-state index < -0.39 is 29.8 Å². The van der Waals surface area contributed by atoms with Gasteiger partial charge in [-0.05, 0) is 37.0 Å². The predicted octanol–water partition coefficient (Wildman–Crippen LogP) is 3.03. The first-order valence-corrected chi connectivity index (χ1v) is 7.86. The van der Waals surface area contributed by atoms with Crippen LogP contribution in [0.5, 0.6) is 0 Å². The molecule has 3 rings (SSSR count). The van der Waals surface area contributed by atoms with Crippen molar-refractivity contribution in [3.05, 3.63) is 47.2 Å². The minimum atomic E-state index is -4.51. The van der Waals surface area contributed by atoms with Gasteiger partial charge in [-0.2, -0.15) is 13.2 Å². The number of aliphatic hydroxyl groups excluding tert-OH is 1. The molecule has 7 heteroatoms. The third kappa shape index (κ3) is 3.26. The number of hydrogen-bond donors (Lipinski definition) is 1. The molecule has 1 aromatic rings. The van der Waals surface area contributed by atoms with E-state index in [1.807, 2.05) is 0 Å². The maximum Gasteiger partial charge on any atom is 0.416 e. The number of hydrogen-bond acceptors (Lipinski definition) is 3. The van der Waals surface area contributed by atoms with Gasteiger partial charge in [-0.15, -0.1) is 0 Å². The average Bonchev–Trinajstić information content (AvgIpc) is 2.96. The summed E-state index contributed by atoms with van der Waals surface area (Å²) >= 11 is 0. The zero-order valence-electron chi connectivity index (χ0n) is 12.9. The lowest BCUT2D eigenvalue weighted by Crippen LogP contribution is -2.35. The third-order valence-electron chi connectivity index (χ3n) is 4.31. The van der Waals surface area contributed by atoms with Crippen LogP contribution in [0.25, 0.3) is 0 Å². The van der Waals surface area contributed by atoms with E-state index in [-0.39, 0.29) is 24.3 Å².